The van der Waals surface area contributed by atoms with Crippen molar-refractivity contribution in [3.8, 4) is 0 Å². The highest BCUT2D eigenvalue weighted by Gasteiger charge is 2.38. The van der Waals surface area contributed by atoms with Crippen LogP contribution >= 0.6 is 11.8 Å². The van der Waals surface area contributed by atoms with Crippen molar-refractivity contribution >= 4 is 75.8 Å². The molecule has 3 aromatic rings. The monoisotopic (exact) mass is 923 g/mol. The molecule has 1 unspecified atom stereocenters. The van der Waals surface area contributed by atoms with Gasteiger partial charge in [0, 0.05) is 54.0 Å². The first-order chi connectivity index (χ1) is 30.7. The number of carbonyl (C=O) groups is 9. The first-order valence-electron chi connectivity index (χ1n) is 21.3. The summed E-state index contributed by atoms with van der Waals surface area (Å²) in [5.41, 5.74) is 18.7. The lowest BCUT2D eigenvalue weighted by Gasteiger charge is -2.29. The number of aromatic nitrogens is 3. The first-order valence-corrected chi connectivity index (χ1v) is 22.4. The molecule has 0 bridgehead atoms. The molecular formula is C42H61N13O9S. The molecule has 1 saturated heterocycles. The molecule has 1 aliphatic rings. The number of imidazole rings is 1. The van der Waals surface area contributed by atoms with Gasteiger partial charge in [0.15, 0.2) is 0 Å². The number of nitrogens with zero attached hydrogens (tertiary/aromatic N) is 2. The maximum atomic E-state index is 13.8. The van der Waals surface area contributed by atoms with Crippen molar-refractivity contribution in [3.05, 3.63) is 54.2 Å². The lowest BCUT2D eigenvalue weighted by Crippen LogP contribution is -2.59. The molecule has 354 valence electrons. The third-order valence-electron chi connectivity index (χ3n) is 10.6. The molecule has 0 radical (unpaired) electrons. The number of benzene rings is 1. The number of thioether (sulfide) groups is 1. The van der Waals surface area contributed by atoms with Crippen LogP contribution in [0.4, 0.5) is 0 Å². The van der Waals surface area contributed by atoms with Crippen LogP contribution < -0.4 is 49.1 Å². The molecule has 1 aromatic carbocycles. The third-order valence-corrected chi connectivity index (χ3v) is 11.7. The minimum atomic E-state index is -1.23. The van der Waals surface area contributed by atoms with Gasteiger partial charge in [-0.15, -0.1) is 11.8 Å². The van der Waals surface area contributed by atoms with Crippen LogP contribution in [0.5, 0.6) is 0 Å². The Morgan fingerprint density at radius 2 is 1.49 bits per heavy atom. The molecule has 65 heavy (non-hydrogen) atoms. The summed E-state index contributed by atoms with van der Waals surface area (Å²) < 4.78 is 0. The summed E-state index contributed by atoms with van der Waals surface area (Å²) in [7, 11) is 0. The van der Waals surface area contributed by atoms with Crippen LogP contribution in [-0.2, 0) is 56.0 Å². The van der Waals surface area contributed by atoms with Gasteiger partial charge in [-0.05, 0) is 43.2 Å². The molecule has 23 heteroatoms. The van der Waals surface area contributed by atoms with Crippen molar-refractivity contribution in [2.75, 3.05) is 18.2 Å². The number of amides is 9. The maximum absolute atomic E-state index is 13.8. The van der Waals surface area contributed by atoms with Gasteiger partial charge in [-0.2, -0.15) is 0 Å². The van der Waals surface area contributed by atoms with E-state index in [2.05, 4.69) is 46.9 Å². The Morgan fingerprint density at radius 1 is 0.815 bits per heavy atom. The predicted molar refractivity (Wildman–Crippen MR) is 240 cm³/mol. The van der Waals surface area contributed by atoms with E-state index in [1.165, 1.54) is 36.1 Å². The molecule has 1 fully saturated rings. The molecule has 0 aliphatic carbocycles. The van der Waals surface area contributed by atoms with E-state index in [0.29, 0.717) is 17.0 Å². The third kappa shape index (κ3) is 15.1. The van der Waals surface area contributed by atoms with Crippen LogP contribution in [0.3, 0.4) is 0 Å². The van der Waals surface area contributed by atoms with Crippen LogP contribution in [0.1, 0.15) is 65.1 Å². The van der Waals surface area contributed by atoms with Crippen molar-refractivity contribution in [3.63, 3.8) is 0 Å². The van der Waals surface area contributed by atoms with Gasteiger partial charge in [0.05, 0.1) is 24.8 Å². The number of hydrogen-bond donors (Lipinski definition) is 11. The lowest BCUT2D eigenvalue weighted by atomic mass is 10.0. The van der Waals surface area contributed by atoms with E-state index >= 15 is 0 Å². The van der Waals surface area contributed by atoms with Gasteiger partial charge >= 0.3 is 0 Å². The number of para-hydroxylation sites is 1. The fourth-order valence-electron chi connectivity index (χ4n) is 7.04. The average Bonchev–Trinajstić information content (AvgIpc) is 4.05. The zero-order valence-electron chi connectivity index (χ0n) is 37.1. The second-order valence-electron chi connectivity index (χ2n) is 16.7. The molecule has 1 aliphatic heterocycles. The van der Waals surface area contributed by atoms with Gasteiger partial charge in [-0.3, -0.25) is 43.2 Å². The van der Waals surface area contributed by atoms with Gasteiger partial charge in [-0.1, -0.05) is 45.9 Å². The molecule has 4 rings (SSSR count). The Kier molecular flexibility index (Phi) is 18.9. The van der Waals surface area contributed by atoms with Crippen molar-refractivity contribution in [1.82, 2.24) is 51.8 Å². The zero-order valence-corrected chi connectivity index (χ0v) is 37.9. The minimum Gasteiger partial charge on any atom is -0.370 e. The summed E-state index contributed by atoms with van der Waals surface area (Å²) in [5.74, 6) is -6.15. The van der Waals surface area contributed by atoms with E-state index in [-0.39, 0.29) is 43.9 Å². The summed E-state index contributed by atoms with van der Waals surface area (Å²) >= 11 is 1.37. The Balaban J connectivity index is 1.39. The van der Waals surface area contributed by atoms with E-state index in [1.54, 1.807) is 20.0 Å². The number of nitrogens with two attached hydrogens (primary N) is 3. The van der Waals surface area contributed by atoms with Gasteiger partial charge in [-0.25, -0.2) is 4.98 Å². The van der Waals surface area contributed by atoms with Crippen molar-refractivity contribution in [1.29, 1.82) is 0 Å². The molecule has 9 amide bonds. The van der Waals surface area contributed by atoms with Gasteiger partial charge in [0.25, 0.3) is 0 Å². The second kappa shape index (κ2) is 24.0. The smallest absolute Gasteiger partial charge is 0.246 e. The number of nitrogens with one attached hydrogen (secondary N) is 8. The number of primary amides is 2. The SMILES string of the molecule is CC(C)C[C@H](NC(=O)[C@H](Cc1cnc[nH]1)NC(=O)CNC(=O)[C@@H](NC(=O)[C@H](C)NC(=O)[C@H](Cc1c[nH]c2ccccc12)NC(=O)[C@@H](N)CCC(N)=O)C(C)C)C(=O)N1CSCC1C(N)=O. The van der Waals surface area contributed by atoms with Crippen LogP contribution in [0.25, 0.3) is 10.9 Å². The number of H-pyrrole nitrogens is 2. The number of aromatic amines is 2. The molecule has 7 atom stereocenters. The number of carbonyl (C=O) groups excluding carboxylic acids is 9. The van der Waals surface area contributed by atoms with Crippen LogP contribution in [0.2, 0.25) is 0 Å². The number of hydrogen-bond acceptors (Lipinski definition) is 12. The highest BCUT2D eigenvalue weighted by atomic mass is 32.2. The van der Waals surface area contributed by atoms with Crippen molar-refractivity contribution in [2.45, 2.75) is 109 Å². The Bertz CT molecular complexity index is 2180. The van der Waals surface area contributed by atoms with Crippen molar-refractivity contribution in [2.24, 2.45) is 29.0 Å². The summed E-state index contributed by atoms with van der Waals surface area (Å²) in [6.07, 6.45) is 4.55. The van der Waals surface area contributed by atoms with Crippen molar-refractivity contribution < 1.29 is 43.2 Å². The standard InChI is InChI=1S/C42H61N13O9S/c1-21(2)12-31(42(64)55-20-65-18-32(55)36(45)58)53-40(62)30(14-25-16-46-19-49-25)51-34(57)17-48-41(63)35(22(3)4)54-37(59)23(5)50-39(61)29(52-38(60)27(43)10-11-33(44)56)13-24-15-47-28-9-7-6-8-26(24)28/h6-9,15-16,19,21-23,27,29-32,35,47H,10-14,17-18,20,43H2,1-5H3,(H2,44,56)(H2,45,58)(H,46,49)(H,48,63)(H,50,61)(H,51,57)(H,52,60)(H,53,62)(H,54,59)/t23-,27-,29-,30-,31-,32?,35-/m0/s1. The predicted octanol–water partition coefficient (Wildman–Crippen LogP) is -2.08. The fraction of sp³-hybridized carbons (Fsp3) is 0.524. The molecule has 14 N–H and O–H groups in total. The summed E-state index contributed by atoms with van der Waals surface area (Å²) in [6.45, 7) is 7.85. The van der Waals surface area contributed by atoms with Crippen LogP contribution in [-0.4, -0.2) is 133 Å². The summed E-state index contributed by atoms with van der Waals surface area (Å²) in [6, 6.07) is -0.509. The van der Waals surface area contributed by atoms with Gasteiger partial charge in [0.2, 0.25) is 53.2 Å². The van der Waals surface area contributed by atoms with E-state index in [4.69, 9.17) is 17.2 Å². The topological polar surface area (TPSA) is 352 Å². The van der Waals surface area contributed by atoms with E-state index in [0.717, 1.165) is 10.9 Å². The average molecular weight is 924 g/mol. The highest BCUT2D eigenvalue weighted by Crippen LogP contribution is 2.23. The minimum absolute atomic E-state index is 0.00777. The van der Waals surface area contributed by atoms with E-state index < -0.39 is 108 Å². The van der Waals surface area contributed by atoms with Gasteiger partial charge in [0.1, 0.15) is 36.3 Å². The maximum Gasteiger partial charge on any atom is 0.246 e. The van der Waals surface area contributed by atoms with Crippen LogP contribution in [0, 0.1) is 11.8 Å². The largest absolute Gasteiger partial charge is 0.370 e. The molecule has 0 saturated carbocycles. The molecule has 0 spiro atoms. The summed E-state index contributed by atoms with van der Waals surface area (Å²) in [5, 5.41) is 16.5. The Morgan fingerprint density at radius 3 is 2.14 bits per heavy atom. The van der Waals surface area contributed by atoms with Crippen LogP contribution in [0.15, 0.2) is 43.0 Å². The van der Waals surface area contributed by atoms with Gasteiger partial charge < -0.3 is 64.0 Å². The summed E-state index contributed by atoms with van der Waals surface area (Å²) in [4.78, 5) is 129. The number of fused-ring (bicyclic) bond motifs is 1. The lowest BCUT2D eigenvalue weighted by molar-refractivity contribution is -0.141. The molecule has 22 nitrogen and oxygen atoms in total. The highest BCUT2D eigenvalue weighted by molar-refractivity contribution is 7.99. The zero-order chi connectivity index (χ0) is 48.0. The molecule has 3 heterocycles. The van der Waals surface area contributed by atoms with E-state index in [9.17, 15) is 43.2 Å². The first kappa shape index (κ1) is 51.1. The normalized spacial score (nSPS) is 16.4. The second-order valence-corrected chi connectivity index (χ2v) is 17.7. The molecular weight excluding hydrogens is 863 g/mol. The Labute approximate surface area is 380 Å². The molecule has 2 aromatic heterocycles. The van der Waals surface area contributed by atoms with E-state index in [1.807, 2.05) is 38.1 Å². The quantitative estimate of drug-likeness (QED) is 0.0461. The fourth-order valence-corrected chi connectivity index (χ4v) is 8.22. The Hall–Kier alpha value is -6.49. The number of rotatable bonds is 24.